The maximum atomic E-state index is 13.3. The van der Waals surface area contributed by atoms with E-state index in [2.05, 4.69) is 25.5 Å². The van der Waals surface area contributed by atoms with Crippen molar-refractivity contribution < 1.29 is 23.9 Å². The second-order valence-corrected chi connectivity index (χ2v) is 11.9. The summed E-state index contributed by atoms with van der Waals surface area (Å²) >= 11 is 0. The number of piperazine rings is 1. The zero-order chi connectivity index (χ0) is 30.5. The van der Waals surface area contributed by atoms with Crippen LogP contribution in [-0.4, -0.2) is 70.3 Å². The van der Waals surface area contributed by atoms with Crippen molar-refractivity contribution in [2.45, 2.75) is 52.7 Å². The third-order valence-corrected chi connectivity index (χ3v) is 6.16. The molecule has 3 heterocycles. The second-order valence-electron chi connectivity index (χ2n) is 11.9. The Hall–Kier alpha value is -4.67. The summed E-state index contributed by atoms with van der Waals surface area (Å²) in [5.41, 5.74) is 1.58. The molecular weight excluding hydrogens is 536 g/mol. The fourth-order valence-corrected chi connectivity index (χ4v) is 4.23. The summed E-state index contributed by atoms with van der Waals surface area (Å²) < 4.78 is 10.9. The molecule has 11 heteroatoms. The highest BCUT2D eigenvalue weighted by atomic mass is 16.6. The predicted molar refractivity (Wildman–Crippen MR) is 162 cm³/mol. The molecule has 0 saturated carbocycles. The lowest BCUT2D eigenvalue weighted by Crippen LogP contribution is -2.50. The number of pyridine rings is 2. The van der Waals surface area contributed by atoms with E-state index in [1.54, 1.807) is 62.3 Å². The van der Waals surface area contributed by atoms with Crippen LogP contribution in [0.5, 0.6) is 0 Å². The van der Waals surface area contributed by atoms with Crippen LogP contribution in [0.15, 0.2) is 61.1 Å². The Morgan fingerprint density at radius 1 is 0.786 bits per heavy atom. The molecule has 2 aromatic heterocycles. The molecule has 0 spiro atoms. The van der Waals surface area contributed by atoms with Gasteiger partial charge in [-0.3, -0.25) is 15.1 Å². The third kappa shape index (κ3) is 8.42. The normalized spacial score (nSPS) is 13.8. The molecule has 1 aliphatic heterocycles. The van der Waals surface area contributed by atoms with Gasteiger partial charge in [0.15, 0.2) is 0 Å². The summed E-state index contributed by atoms with van der Waals surface area (Å²) in [6.07, 6.45) is 3.96. The maximum absolute atomic E-state index is 13.3. The molecule has 222 valence electrons. The van der Waals surface area contributed by atoms with Crippen LogP contribution < -0.4 is 15.5 Å². The molecule has 0 aliphatic carbocycles. The first kappa shape index (κ1) is 30.3. The molecule has 42 heavy (non-hydrogen) atoms. The van der Waals surface area contributed by atoms with Crippen molar-refractivity contribution in [3.05, 3.63) is 66.6 Å². The van der Waals surface area contributed by atoms with Crippen molar-refractivity contribution in [1.29, 1.82) is 0 Å². The first-order chi connectivity index (χ1) is 19.8. The van der Waals surface area contributed by atoms with Crippen LogP contribution in [0, 0.1) is 0 Å². The molecule has 1 fully saturated rings. The highest BCUT2D eigenvalue weighted by Crippen LogP contribution is 2.30. The molecule has 0 atom stereocenters. The van der Waals surface area contributed by atoms with Gasteiger partial charge in [0, 0.05) is 50.3 Å². The van der Waals surface area contributed by atoms with Gasteiger partial charge in [-0.05, 0) is 77.4 Å². The summed E-state index contributed by atoms with van der Waals surface area (Å²) in [4.78, 5) is 50.5. The average molecular weight is 575 g/mol. The number of hydrogen-bond acceptors (Lipinski definition) is 8. The Labute approximate surface area is 246 Å². The lowest BCUT2D eigenvalue weighted by molar-refractivity contribution is 0.0240. The number of rotatable bonds is 5. The molecule has 0 bridgehead atoms. The van der Waals surface area contributed by atoms with Crippen molar-refractivity contribution in [3.8, 4) is 11.1 Å². The molecule has 4 rings (SSSR count). The Morgan fingerprint density at radius 2 is 1.50 bits per heavy atom. The van der Waals surface area contributed by atoms with Crippen molar-refractivity contribution in [2.75, 3.05) is 41.7 Å². The van der Waals surface area contributed by atoms with Crippen LogP contribution in [-0.2, 0) is 9.47 Å². The molecule has 0 unspecified atom stereocenters. The monoisotopic (exact) mass is 574 g/mol. The van der Waals surface area contributed by atoms with E-state index < -0.39 is 17.3 Å². The van der Waals surface area contributed by atoms with E-state index >= 15 is 0 Å². The molecule has 1 aromatic carbocycles. The third-order valence-electron chi connectivity index (χ3n) is 6.16. The Balaban J connectivity index is 1.46. The van der Waals surface area contributed by atoms with Gasteiger partial charge < -0.3 is 24.6 Å². The number of hydrogen-bond donors (Lipinski definition) is 2. The molecule has 1 saturated heterocycles. The van der Waals surface area contributed by atoms with E-state index in [9.17, 15) is 14.4 Å². The van der Waals surface area contributed by atoms with E-state index in [0.29, 0.717) is 48.9 Å². The minimum atomic E-state index is -0.682. The fraction of sp³-hybridized carbons (Fsp3) is 0.387. The number of nitrogens with zero attached hydrogens (tertiary/aromatic N) is 4. The summed E-state index contributed by atoms with van der Waals surface area (Å²) in [7, 11) is 0. The summed E-state index contributed by atoms with van der Waals surface area (Å²) in [5.74, 6) is 0.320. The summed E-state index contributed by atoms with van der Waals surface area (Å²) in [6, 6.07) is 12.5. The molecular formula is C31H38N6O5. The number of amides is 3. The largest absolute Gasteiger partial charge is 0.444 e. The lowest BCUT2D eigenvalue weighted by Gasteiger charge is -2.36. The van der Waals surface area contributed by atoms with Gasteiger partial charge in [0.05, 0.1) is 16.9 Å². The van der Waals surface area contributed by atoms with Crippen molar-refractivity contribution >= 4 is 35.3 Å². The van der Waals surface area contributed by atoms with Crippen molar-refractivity contribution in [1.82, 2.24) is 14.9 Å². The first-order valence-corrected chi connectivity index (χ1v) is 13.8. The lowest BCUT2D eigenvalue weighted by atomic mass is 10.1. The minimum absolute atomic E-state index is 0.324. The first-order valence-electron chi connectivity index (χ1n) is 13.8. The number of ether oxygens (including phenoxy) is 2. The Morgan fingerprint density at radius 3 is 2.10 bits per heavy atom. The fourth-order valence-electron chi connectivity index (χ4n) is 4.23. The molecule has 3 amide bonds. The van der Waals surface area contributed by atoms with Gasteiger partial charge >= 0.3 is 12.2 Å². The number of benzene rings is 1. The highest BCUT2D eigenvalue weighted by molar-refractivity contribution is 6.07. The Kier molecular flexibility index (Phi) is 8.99. The van der Waals surface area contributed by atoms with Gasteiger partial charge in [0.1, 0.15) is 17.0 Å². The van der Waals surface area contributed by atoms with Crippen LogP contribution in [0.1, 0.15) is 51.9 Å². The number of carbonyl (C=O) groups excluding carboxylic acids is 3. The number of anilines is 3. The number of nitrogens with one attached hydrogen (secondary N) is 2. The van der Waals surface area contributed by atoms with E-state index in [-0.39, 0.29) is 12.0 Å². The van der Waals surface area contributed by atoms with Gasteiger partial charge in [-0.1, -0.05) is 12.1 Å². The highest BCUT2D eigenvalue weighted by Gasteiger charge is 2.26. The molecule has 3 aromatic rings. The average Bonchev–Trinajstić information content (AvgIpc) is 2.92. The van der Waals surface area contributed by atoms with Gasteiger partial charge in [-0.25, -0.2) is 14.6 Å². The van der Waals surface area contributed by atoms with Crippen LogP contribution in [0.25, 0.3) is 11.1 Å². The molecule has 0 radical (unpaired) electrons. The second kappa shape index (κ2) is 12.5. The van der Waals surface area contributed by atoms with Crippen LogP contribution in [0.4, 0.5) is 26.8 Å². The van der Waals surface area contributed by atoms with Gasteiger partial charge in [-0.2, -0.15) is 0 Å². The summed E-state index contributed by atoms with van der Waals surface area (Å²) in [6.45, 7) is 13.1. The van der Waals surface area contributed by atoms with Crippen LogP contribution >= 0.6 is 0 Å². The van der Waals surface area contributed by atoms with Gasteiger partial charge in [0.25, 0.3) is 5.91 Å². The van der Waals surface area contributed by atoms with E-state index in [1.807, 2.05) is 39.0 Å². The topological polar surface area (TPSA) is 126 Å². The zero-order valence-electron chi connectivity index (χ0n) is 24.9. The van der Waals surface area contributed by atoms with E-state index in [4.69, 9.17) is 9.47 Å². The van der Waals surface area contributed by atoms with Crippen LogP contribution in [0.2, 0.25) is 0 Å². The molecule has 11 nitrogen and oxygen atoms in total. The van der Waals surface area contributed by atoms with Gasteiger partial charge in [0.2, 0.25) is 0 Å². The quantitative estimate of drug-likeness (QED) is 0.392. The number of aromatic nitrogens is 2. The number of carbonyl (C=O) groups is 3. The maximum Gasteiger partial charge on any atom is 0.412 e. The van der Waals surface area contributed by atoms with E-state index in [1.165, 1.54) is 6.20 Å². The van der Waals surface area contributed by atoms with E-state index in [0.717, 1.165) is 11.1 Å². The smallest absolute Gasteiger partial charge is 0.412 e. The Bertz CT molecular complexity index is 1410. The molecule has 1 aliphatic rings. The van der Waals surface area contributed by atoms with Crippen LogP contribution in [0.3, 0.4) is 0 Å². The van der Waals surface area contributed by atoms with Crippen molar-refractivity contribution in [2.24, 2.45) is 0 Å². The minimum Gasteiger partial charge on any atom is -0.444 e. The predicted octanol–water partition coefficient (Wildman–Crippen LogP) is 5.80. The van der Waals surface area contributed by atoms with Crippen molar-refractivity contribution in [3.63, 3.8) is 0 Å². The summed E-state index contributed by atoms with van der Waals surface area (Å²) in [5, 5.41) is 5.63. The van der Waals surface area contributed by atoms with Gasteiger partial charge in [-0.15, -0.1) is 0 Å². The standard InChI is InChI=1S/C31H38N6O5/c1-30(2,3)41-28(39)35-24-11-9-21(22-8-7-13-32-19-22)18-25(24)34-27(38)23-10-12-26(33-20-23)36-14-16-37(17-15-36)29(40)42-31(4,5)6/h7-13,18-20H,14-17H2,1-6H3,(H,34,38)(H,35,39). The SMILES string of the molecule is CC(C)(C)OC(=O)Nc1ccc(-c2cccnc2)cc1NC(=O)c1ccc(N2CCN(C(=O)OC(C)(C)C)CC2)nc1. The zero-order valence-corrected chi connectivity index (χ0v) is 24.9. The molecule has 2 N–H and O–H groups in total.